The molecule has 0 spiro atoms. The van der Waals surface area contributed by atoms with Gasteiger partial charge in [0.25, 0.3) is 0 Å². The van der Waals surface area contributed by atoms with E-state index in [2.05, 4.69) is 31.1 Å². The van der Waals surface area contributed by atoms with E-state index in [0.29, 0.717) is 5.92 Å². The van der Waals surface area contributed by atoms with Gasteiger partial charge in [-0.15, -0.1) is 0 Å². The summed E-state index contributed by atoms with van der Waals surface area (Å²) in [6.45, 7) is 4.41. The van der Waals surface area contributed by atoms with Crippen LogP contribution >= 0.6 is 0 Å². The van der Waals surface area contributed by atoms with E-state index in [4.69, 9.17) is 0 Å². The van der Waals surface area contributed by atoms with E-state index >= 15 is 0 Å². The average molecular weight is 134 g/mol. The third kappa shape index (κ3) is 2.18. The van der Waals surface area contributed by atoms with Gasteiger partial charge in [0.05, 0.1) is 6.20 Å². The Morgan fingerprint density at radius 2 is 2.40 bits per heavy atom. The Bertz CT molecular complexity index is 179. The molecule has 0 aliphatic rings. The molecule has 1 aromatic rings. The van der Waals surface area contributed by atoms with Crippen molar-refractivity contribution in [3.05, 3.63) is 30.1 Å². The highest BCUT2D eigenvalue weighted by Crippen LogP contribution is 2.04. The van der Waals surface area contributed by atoms with Crippen molar-refractivity contribution < 1.29 is 0 Å². The fourth-order valence-electron chi connectivity index (χ4n) is 0.943. The molecule has 0 unspecified atom stereocenters. The molecule has 1 nitrogen and oxygen atoms in total. The molecular weight excluding hydrogens is 122 g/mol. The van der Waals surface area contributed by atoms with Crippen LogP contribution in [0.2, 0.25) is 0 Å². The van der Waals surface area contributed by atoms with Gasteiger partial charge in [0.15, 0.2) is 0 Å². The highest BCUT2D eigenvalue weighted by Gasteiger charge is 1.94. The van der Waals surface area contributed by atoms with Crippen molar-refractivity contribution in [2.45, 2.75) is 20.3 Å². The lowest BCUT2D eigenvalue weighted by molar-refractivity contribution is 0.645. The first-order valence-electron chi connectivity index (χ1n) is 3.60. The summed E-state index contributed by atoms with van der Waals surface area (Å²) in [5.74, 6) is 0.712. The van der Waals surface area contributed by atoms with Crippen molar-refractivity contribution in [3.63, 3.8) is 0 Å². The van der Waals surface area contributed by atoms with E-state index < -0.39 is 0 Å². The van der Waals surface area contributed by atoms with Crippen LogP contribution in [0.1, 0.15) is 19.4 Å². The van der Waals surface area contributed by atoms with Gasteiger partial charge in [0.2, 0.25) is 0 Å². The Kier molecular flexibility index (Phi) is 2.43. The van der Waals surface area contributed by atoms with E-state index in [-0.39, 0.29) is 0 Å². The number of aromatic nitrogens is 1. The molecule has 0 saturated heterocycles. The van der Waals surface area contributed by atoms with Gasteiger partial charge >= 0.3 is 0 Å². The molecule has 1 heteroatoms. The van der Waals surface area contributed by atoms with Crippen LogP contribution in [0.15, 0.2) is 18.3 Å². The van der Waals surface area contributed by atoms with Crippen LogP contribution in [0, 0.1) is 12.1 Å². The second-order valence-corrected chi connectivity index (χ2v) is 2.89. The first-order valence-corrected chi connectivity index (χ1v) is 3.60. The van der Waals surface area contributed by atoms with Crippen molar-refractivity contribution in [2.75, 3.05) is 0 Å². The lowest BCUT2D eigenvalue weighted by atomic mass is 10.1. The van der Waals surface area contributed by atoms with Crippen LogP contribution in [-0.2, 0) is 6.42 Å². The highest BCUT2D eigenvalue weighted by atomic mass is 14.6. The molecule has 1 radical (unpaired) electrons. The molecule has 0 atom stereocenters. The average Bonchev–Trinajstić information content (AvgIpc) is 1.88. The molecule has 1 aromatic heterocycles. The molecule has 0 fully saturated rings. The topological polar surface area (TPSA) is 12.9 Å². The van der Waals surface area contributed by atoms with Gasteiger partial charge in [-0.25, -0.2) is 0 Å². The van der Waals surface area contributed by atoms with Crippen LogP contribution in [0.4, 0.5) is 0 Å². The third-order valence-corrected chi connectivity index (χ3v) is 1.32. The minimum Gasteiger partial charge on any atom is -0.254 e. The maximum absolute atomic E-state index is 3.91. The summed E-state index contributed by atoms with van der Waals surface area (Å²) in [5.41, 5.74) is 1.30. The lowest BCUT2D eigenvalue weighted by Crippen LogP contribution is -1.93. The summed E-state index contributed by atoms with van der Waals surface area (Å²) in [5, 5.41) is 0. The quantitative estimate of drug-likeness (QED) is 0.603. The van der Waals surface area contributed by atoms with Gasteiger partial charge in [0, 0.05) is 6.20 Å². The van der Waals surface area contributed by atoms with E-state index in [1.807, 2.05) is 12.3 Å². The summed E-state index contributed by atoms with van der Waals surface area (Å²) in [6, 6.07) is 3.92. The monoisotopic (exact) mass is 134 g/mol. The Morgan fingerprint density at radius 3 is 2.90 bits per heavy atom. The molecule has 0 aliphatic heterocycles. The zero-order chi connectivity index (χ0) is 7.40. The molecule has 0 saturated carbocycles. The predicted molar refractivity (Wildman–Crippen MR) is 41.6 cm³/mol. The Morgan fingerprint density at radius 1 is 1.60 bits per heavy atom. The number of hydrogen-bond acceptors (Lipinski definition) is 1. The largest absolute Gasteiger partial charge is 0.254 e. The standard InChI is InChI=1S/C9H12N/c1-8(2)6-9-4-3-5-10-7-9/h3-4,7-8H,6H2,1-2H3. The van der Waals surface area contributed by atoms with Crippen molar-refractivity contribution in [2.24, 2.45) is 5.92 Å². The normalized spacial score (nSPS) is 10.3. The van der Waals surface area contributed by atoms with Crippen molar-refractivity contribution >= 4 is 0 Å². The maximum atomic E-state index is 3.91. The second-order valence-electron chi connectivity index (χ2n) is 2.89. The highest BCUT2D eigenvalue weighted by molar-refractivity contribution is 5.08. The molecule has 10 heavy (non-hydrogen) atoms. The Hall–Kier alpha value is -0.850. The van der Waals surface area contributed by atoms with Crippen molar-refractivity contribution in [1.82, 2.24) is 4.98 Å². The maximum Gasteiger partial charge on any atom is 0.0886 e. The van der Waals surface area contributed by atoms with Gasteiger partial charge in [-0.3, -0.25) is 4.98 Å². The molecule has 0 aliphatic carbocycles. The number of rotatable bonds is 2. The zero-order valence-corrected chi connectivity index (χ0v) is 6.46. The SMILES string of the molecule is CC(C)Cc1cc[c]nc1. The fraction of sp³-hybridized carbons (Fsp3) is 0.444. The van der Waals surface area contributed by atoms with Gasteiger partial charge in [-0.05, 0) is 24.0 Å². The van der Waals surface area contributed by atoms with Crippen LogP contribution in [0.3, 0.4) is 0 Å². The summed E-state index contributed by atoms with van der Waals surface area (Å²) in [7, 11) is 0. The van der Waals surface area contributed by atoms with Gasteiger partial charge < -0.3 is 0 Å². The van der Waals surface area contributed by atoms with Gasteiger partial charge in [-0.2, -0.15) is 0 Å². The smallest absolute Gasteiger partial charge is 0.0886 e. The van der Waals surface area contributed by atoms with Crippen LogP contribution in [0.5, 0.6) is 0 Å². The molecule has 0 bridgehead atoms. The van der Waals surface area contributed by atoms with Gasteiger partial charge in [0.1, 0.15) is 0 Å². The van der Waals surface area contributed by atoms with Gasteiger partial charge in [-0.1, -0.05) is 19.9 Å². The zero-order valence-electron chi connectivity index (χ0n) is 6.46. The van der Waals surface area contributed by atoms with E-state index in [1.165, 1.54) is 5.56 Å². The first-order chi connectivity index (χ1) is 4.79. The van der Waals surface area contributed by atoms with Crippen LogP contribution < -0.4 is 0 Å². The minimum atomic E-state index is 0.712. The number of pyridine rings is 1. The van der Waals surface area contributed by atoms with E-state index in [1.54, 1.807) is 0 Å². The summed E-state index contributed by atoms with van der Waals surface area (Å²) in [4.78, 5) is 3.91. The molecule has 1 heterocycles. The van der Waals surface area contributed by atoms with Crippen LogP contribution in [0.25, 0.3) is 0 Å². The molecular formula is C9H12N. The first kappa shape index (κ1) is 7.26. The molecule has 0 amide bonds. The minimum absolute atomic E-state index is 0.712. The Balaban J connectivity index is 2.59. The second kappa shape index (κ2) is 3.35. The molecule has 1 rings (SSSR count). The summed E-state index contributed by atoms with van der Waals surface area (Å²) in [6.07, 6.45) is 5.74. The summed E-state index contributed by atoms with van der Waals surface area (Å²) >= 11 is 0. The van der Waals surface area contributed by atoms with E-state index in [0.717, 1.165) is 6.42 Å². The number of nitrogens with zero attached hydrogens (tertiary/aromatic N) is 1. The Labute approximate surface area is 62.1 Å². The predicted octanol–water partition coefficient (Wildman–Crippen LogP) is 2.08. The van der Waals surface area contributed by atoms with Crippen LogP contribution in [-0.4, -0.2) is 4.98 Å². The molecule has 0 N–H and O–H groups in total. The lowest BCUT2D eigenvalue weighted by Gasteiger charge is -2.01. The third-order valence-electron chi connectivity index (χ3n) is 1.32. The summed E-state index contributed by atoms with van der Waals surface area (Å²) < 4.78 is 0. The molecule has 53 valence electrons. The van der Waals surface area contributed by atoms with Crippen molar-refractivity contribution in [3.8, 4) is 0 Å². The van der Waals surface area contributed by atoms with E-state index in [9.17, 15) is 0 Å². The molecule has 0 aromatic carbocycles. The fourth-order valence-corrected chi connectivity index (χ4v) is 0.943. The number of hydrogen-bond donors (Lipinski definition) is 0. The van der Waals surface area contributed by atoms with Crippen molar-refractivity contribution in [1.29, 1.82) is 0 Å².